The number of nitrogens with one attached hydrogen (secondary N) is 1. The molecular formula is C32H38FN3O6S. The molecule has 1 aliphatic rings. The van der Waals surface area contributed by atoms with Crippen molar-refractivity contribution < 1.29 is 31.9 Å². The standard InChI is InChI=1S/C32H38FN3O6S/c1-3-17-34-32(38)28(21-24-8-5-4-6-9-24)35(23-25-11-13-26(33)14-12-25)31(37)10-7-18-36(43(2,39)40)27-15-16-29-30(22-27)42-20-19-41-29/h4-6,8-9,11-16,22,28H,3,7,10,17-21,23H2,1-2H3,(H,34,38)/t28-/m0/s1. The summed E-state index contributed by atoms with van der Waals surface area (Å²) in [6.07, 6.45) is 2.33. The van der Waals surface area contributed by atoms with Crippen LogP contribution in [0.4, 0.5) is 10.1 Å². The van der Waals surface area contributed by atoms with Crippen molar-refractivity contribution in [2.45, 2.75) is 45.2 Å². The molecule has 3 aromatic rings. The van der Waals surface area contributed by atoms with Crippen molar-refractivity contribution in [2.24, 2.45) is 0 Å². The fourth-order valence-corrected chi connectivity index (χ4v) is 5.85. The van der Waals surface area contributed by atoms with E-state index >= 15 is 0 Å². The van der Waals surface area contributed by atoms with Gasteiger partial charge in [-0.1, -0.05) is 49.4 Å². The maximum absolute atomic E-state index is 13.9. The lowest BCUT2D eigenvalue weighted by atomic mass is 10.0. The molecule has 230 valence electrons. The Morgan fingerprint density at radius 1 is 0.953 bits per heavy atom. The average molecular weight is 612 g/mol. The number of carbonyl (C=O) groups excluding carboxylic acids is 2. The summed E-state index contributed by atoms with van der Waals surface area (Å²) in [4.78, 5) is 28.8. The predicted octanol–water partition coefficient (Wildman–Crippen LogP) is 4.31. The van der Waals surface area contributed by atoms with Crippen molar-refractivity contribution >= 4 is 27.5 Å². The summed E-state index contributed by atoms with van der Waals surface area (Å²) >= 11 is 0. The summed E-state index contributed by atoms with van der Waals surface area (Å²) in [6.45, 7) is 3.32. The van der Waals surface area contributed by atoms with Gasteiger partial charge in [0, 0.05) is 38.5 Å². The Hall–Kier alpha value is -4.12. The molecule has 0 bridgehead atoms. The molecule has 43 heavy (non-hydrogen) atoms. The number of rotatable bonds is 14. The van der Waals surface area contributed by atoms with Gasteiger partial charge in [-0.3, -0.25) is 13.9 Å². The van der Waals surface area contributed by atoms with Gasteiger partial charge in [0.2, 0.25) is 21.8 Å². The number of nitrogens with zero attached hydrogens (tertiary/aromatic N) is 2. The Labute approximate surface area is 252 Å². The Kier molecular flexibility index (Phi) is 11.0. The first-order chi connectivity index (χ1) is 20.7. The molecule has 0 fully saturated rings. The van der Waals surface area contributed by atoms with E-state index in [0.717, 1.165) is 18.2 Å². The van der Waals surface area contributed by atoms with E-state index in [1.807, 2.05) is 37.3 Å². The first-order valence-corrected chi connectivity index (χ1v) is 16.2. The Morgan fingerprint density at radius 2 is 1.65 bits per heavy atom. The number of benzene rings is 3. The topological polar surface area (TPSA) is 105 Å². The molecule has 1 heterocycles. The number of anilines is 1. The maximum Gasteiger partial charge on any atom is 0.243 e. The molecule has 4 rings (SSSR count). The molecule has 1 N–H and O–H groups in total. The summed E-state index contributed by atoms with van der Waals surface area (Å²) in [7, 11) is -3.68. The monoisotopic (exact) mass is 611 g/mol. The van der Waals surface area contributed by atoms with Crippen LogP contribution >= 0.6 is 0 Å². The molecule has 0 radical (unpaired) electrons. The SMILES string of the molecule is CCCNC(=O)[C@H](Cc1ccccc1)N(Cc1ccc(F)cc1)C(=O)CCCN(c1ccc2c(c1)OCCO2)S(C)(=O)=O. The summed E-state index contributed by atoms with van der Waals surface area (Å²) in [5, 5.41) is 2.92. The third-order valence-electron chi connectivity index (χ3n) is 7.05. The van der Waals surface area contributed by atoms with Crippen LogP contribution in [0.1, 0.15) is 37.3 Å². The van der Waals surface area contributed by atoms with E-state index in [2.05, 4.69) is 5.32 Å². The van der Waals surface area contributed by atoms with Crippen LogP contribution < -0.4 is 19.1 Å². The highest BCUT2D eigenvalue weighted by atomic mass is 32.2. The highest BCUT2D eigenvalue weighted by Gasteiger charge is 2.30. The molecule has 2 amide bonds. The number of carbonyl (C=O) groups is 2. The number of sulfonamides is 1. The molecular weight excluding hydrogens is 573 g/mol. The van der Waals surface area contributed by atoms with Crippen molar-refractivity contribution in [1.29, 1.82) is 0 Å². The number of hydrogen-bond acceptors (Lipinski definition) is 6. The molecule has 0 saturated carbocycles. The van der Waals surface area contributed by atoms with Gasteiger partial charge < -0.3 is 19.7 Å². The maximum atomic E-state index is 13.9. The van der Waals surface area contributed by atoms with E-state index in [0.29, 0.717) is 42.5 Å². The number of ether oxygens (including phenoxy) is 2. The van der Waals surface area contributed by atoms with E-state index in [1.165, 1.54) is 21.3 Å². The normalized spacial score (nSPS) is 13.2. The number of hydrogen-bond donors (Lipinski definition) is 1. The highest BCUT2D eigenvalue weighted by molar-refractivity contribution is 7.92. The molecule has 0 aliphatic carbocycles. The fourth-order valence-electron chi connectivity index (χ4n) is 4.90. The van der Waals surface area contributed by atoms with Gasteiger partial charge in [-0.25, -0.2) is 12.8 Å². The zero-order valence-electron chi connectivity index (χ0n) is 24.5. The first-order valence-electron chi connectivity index (χ1n) is 14.4. The second kappa shape index (κ2) is 14.9. The largest absolute Gasteiger partial charge is 0.486 e. The third kappa shape index (κ3) is 8.93. The minimum Gasteiger partial charge on any atom is -0.486 e. The highest BCUT2D eigenvalue weighted by Crippen LogP contribution is 2.34. The molecule has 0 spiro atoms. The van der Waals surface area contributed by atoms with Crippen LogP contribution in [0.3, 0.4) is 0 Å². The third-order valence-corrected chi connectivity index (χ3v) is 8.25. The lowest BCUT2D eigenvalue weighted by Gasteiger charge is -2.32. The Morgan fingerprint density at radius 3 is 2.33 bits per heavy atom. The van der Waals surface area contributed by atoms with Gasteiger partial charge in [0.25, 0.3) is 0 Å². The van der Waals surface area contributed by atoms with Crippen LogP contribution in [0.25, 0.3) is 0 Å². The van der Waals surface area contributed by atoms with Crippen LogP contribution in [0.2, 0.25) is 0 Å². The average Bonchev–Trinajstić information content (AvgIpc) is 3.00. The quantitative estimate of drug-likeness (QED) is 0.291. The van der Waals surface area contributed by atoms with Crippen molar-refractivity contribution in [3.8, 4) is 11.5 Å². The van der Waals surface area contributed by atoms with E-state index in [1.54, 1.807) is 30.3 Å². The molecule has 0 saturated heterocycles. The minimum absolute atomic E-state index is 0.00981. The van der Waals surface area contributed by atoms with Gasteiger partial charge in [-0.2, -0.15) is 0 Å². The van der Waals surface area contributed by atoms with Gasteiger partial charge in [-0.15, -0.1) is 0 Å². The Balaban J connectivity index is 1.56. The van der Waals surface area contributed by atoms with Gasteiger partial charge in [0.15, 0.2) is 11.5 Å². The van der Waals surface area contributed by atoms with E-state index < -0.39 is 21.9 Å². The molecule has 1 aliphatic heterocycles. The fraction of sp³-hybridized carbons (Fsp3) is 0.375. The van der Waals surface area contributed by atoms with Crippen molar-refractivity contribution in [3.05, 3.63) is 89.7 Å². The minimum atomic E-state index is -3.68. The second-order valence-corrected chi connectivity index (χ2v) is 12.3. The van der Waals surface area contributed by atoms with Crippen LogP contribution in [-0.4, -0.2) is 63.7 Å². The number of halogens is 1. The van der Waals surface area contributed by atoms with Crippen molar-refractivity contribution in [1.82, 2.24) is 10.2 Å². The summed E-state index contributed by atoms with van der Waals surface area (Å²) in [5.74, 6) is 0.00700. The number of amides is 2. The van der Waals surface area contributed by atoms with Crippen LogP contribution in [-0.2, 0) is 32.6 Å². The van der Waals surface area contributed by atoms with Crippen LogP contribution in [0, 0.1) is 5.82 Å². The molecule has 11 heteroatoms. The number of fused-ring (bicyclic) bond motifs is 1. The van der Waals surface area contributed by atoms with Crippen LogP contribution in [0.15, 0.2) is 72.8 Å². The van der Waals surface area contributed by atoms with E-state index in [-0.39, 0.29) is 44.2 Å². The summed E-state index contributed by atoms with van der Waals surface area (Å²) < 4.78 is 51.6. The molecule has 0 aromatic heterocycles. The zero-order valence-corrected chi connectivity index (χ0v) is 25.3. The van der Waals surface area contributed by atoms with Crippen LogP contribution in [0.5, 0.6) is 11.5 Å². The lowest BCUT2D eigenvalue weighted by molar-refractivity contribution is -0.141. The Bertz CT molecular complexity index is 1480. The first kappa shape index (κ1) is 31.8. The molecule has 3 aromatic carbocycles. The van der Waals surface area contributed by atoms with E-state index in [9.17, 15) is 22.4 Å². The summed E-state index contributed by atoms with van der Waals surface area (Å²) in [6, 6.07) is 19.4. The van der Waals surface area contributed by atoms with Gasteiger partial charge in [-0.05, 0) is 48.2 Å². The van der Waals surface area contributed by atoms with E-state index in [4.69, 9.17) is 9.47 Å². The lowest BCUT2D eigenvalue weighted by Crippen LogP contribution is -2.50. The second-order valence-electron chi connectivity index (χ2n) is 10.4. The summed E-state index contributed by atoms with van der Waals surface area (Å²) in [5.41, 5.74) is 1.96. The predicted molar refractivity (Wildman–Crippen MR) is 163 cm³/mol. The smallest absolute Gasteiger partial charge is 0.243 e. The molecule has 0 unspecified atom stereocenters. The molecule has 9 nitrogen and oxygen atoms in total. The van der Waals surface area contributed by atoms with Gasteiger partial charge in [0.05, 0.1) is 11.9 Å². The van der Waals surface area contributed by atoms with Gasteiger partial charge >= 0.3 is 0 Å². The van der Waals surface area contributed by atoms with Crippen molar-refractivity contribution in [3.63, 3.8) is 0 Å². The zero-order chi connectivity index (χ0) is 30.8. The van der Waals surface area contributed by atoms with Crippen molar-refractivity contribution in [2.75, 3.05) is 36.9 Å². The molecule has 1 atom stereocenters. The van der Waals surface area contributed by atoms with Gasteiger partial charge in [0.1, 0.15) is 25.1 Å².